The molecule has 0 spiro atoms. The van der Waals surface area contributed by atoms with Gasteiger partial charge in [0.25, 0.3) is 5.91 Å². The van der Waals surface area contributed by atoms with Gasteiger partial charge < -0.3 is 19.1 Å². The minimum atomic E-state index is -0.0666. The van der Waals surface area contributed by atoms with Crippen LogP contribution in [0.4, 0.5) is 5.69 Å². The van der Waals surface area contributed by atoms with E-state index in [0.717, 1.165) is 24.1 Å². The van der Waals surface area contributed by atoms with E-state index in [9.17, 15) is 4.79 Å². The maximum Gasteiger partial charge on any atom is 0.263 e. The number of para-hydroxylation sites is 2. The van der Waals surface area contributed by atoms with Gasteiger partial charge in [-0.15, -0.1) is 0 Å². The zero-order chi connectivity index (χ0) is 19.3. The molecule has 2 heterocycles. The number of hydrogen-bond acceptors (Lipinski definition) is 5. The first kappa shape index (κ1) is 18.1. The maximum absolute atomic E-state index is 12.4. The fraction of sp³-hybridized carbons (Fsp3) is 0.273. The summed E-state index contributed by atoms with van der Waals surface area (Å²) >= 11 is 0. The molecule has 0 aliphatic carbocycles. The predicted molar refractivity (Wildman–Crippen MR) is 110 cm³/mol. The van der Waals surface area contributed by atoms with Gasteiger partial charge in [0, 0.05) is 37.3 Å². The Bertz CT molecular complexity index is 940. The van der Waals surface area contributed by atoms with Crippen LogP contribution < -0.4 is 4.90 Å². The molecule has 0 radical (unpaired) electrons. The zero-order valence-corrected chi connectivity index (χ0v) is 15.9. The van der Waals surface area contributed by atoms with Crippen LogP contribution in [0.3, 0.4) is 0 Å². The number of carbonyl (C=O) groups excluding carboxylic acids is 1. The van der Waals surface area contributed by atoms with E-state index in [2.05, 4.69) is 22.2 Å². The van der Waals surface area contributed by atoms with E-state index in [1.165, 1.54) is 5.69 Å². The van der Waals surface area contributed by atoms with Crippen molar-refractivity contribution in [3.63, 3.8) is 0 Å². The highest BCUT2D eigenvalue weighted by Gasteiger charge is 2.21. The molecule has 1 aliphatic rings. The second-order valence-corrected chi connectivity index (χ2v) is 6.80. The van der Waals surface area contributed by atoms with Gasteiger partial charge in [-0.25, -0.2) is 0 Å². The van der Waals surface area contributed by atoms with Crippen LogP contribution in [-0.2, 0) is 9.63 Å². The van der Waals surface area contributed by atoms with Crippen molar-refractivity contribution in [1.29, 1.82) is 0 Å². The highest BCUT2D eigenvalue weighted by atomic mass is 16.6. The third-order valence-electron chi connectivity index (χ3n) is 4.93. The molecule has 28 heavy (non-hydrogen) atoms. The first-order valence-electron chi connectivity index (χ1n) is 9.44. The van der Waals surface area contributed by atoms with Crippen LogP contribution in [0.2, 0.25) is 0 Å². The summed E-state index contributed by atoms with van der Waals surface area (Å²) in [6.45, 7) is 4.74. The van der Waals surface area contributed by atoms with E-state index in [1.807, 2.05) is 53.4 Å². The Labute approximate surface area is 164 Å². The molecule has 1 aliphatic heterocycles. The van der Waals surface area contributed by atoms with Crippen molar-refractivity contribution < 1.29 is 14.0 Å². The number of oxime groups is 1. The number of carbonyl (C=O) groups is 1. The Morgan fingerprint density at radius 3 is 2.50 bits per heavy atom. The molecule has 0 saturated carbocycles. The van der Waals surface area contributed by atoms with Crippen molar-refractivity contribution in [2.24, 2.45) is 5.16 Å². The number of benzene rings is 2. The molecule has 4 rings (SSSR count). The lowest BCUT2D eigenvalue weighted by molar-refractivity contribution is -0.136. The number of amides is 1. The van der Waals surface area contributed by atoms with Crippen LogP contribution in [-0.4, -0.2) is 49.3 Å². The largest absolute Gasteiger partial charge is 0.455 e. The van der Waals surface area contributed by atoms with Crippen molar-refractivity contribution in [2.75, 3.05) is 37.7 Å². The number of hydrogen-bond donors (Lipinski definition) is 0. The van der Waals surface area contributed by atoms with Gasteiger partial charge in [0.2, 0.25) is 0 Å². The molecule has 144 valence electrons. The molecule has 0 N–H and O–H groups in total. The predicted octanol–water partition coefficient (Wildman–Crippen LogP) is 3.52. The number of anilines is 1. The van der Waals surface area contributed by atoms with E-state index < -0.39 is 0 Å². The molecule has 3 aromatic rings. The van der Waals surface area contributed by atoms with E-state index in [-0.39, 0.29) is 12.5 Å². The minimum Gasteiger partial charge on any atom is -0.455 e. The monoisotopic (exact) mass is 377 g/mol. The van der Waals surface area contributed by atoms with Gasteiger partial charge in [0.05, 0.1) is 0 Å². The fourth-order valence-electron chi connectivity index (χ4n) is 3.33. The fourth-order valence-corrected chi connectivity index (χ4v) is 3.33. The summed E-state index contributed by atoms with van der Waals surface area (Å²) in [6, 6.07) is 19.9. The Hall–Kier alpha value is -3.28. The number of fused-ring (bicyclic) bond motifs is 1. The van der Waals surface area contributed by atoms with E-state index >= 15 is 0 Å². The highest BCUT2D eigenvalue weighted by molar-refractivity contribution is 5.99. The van der Waals surface area contributed by atoms with Crippen molar-refractivity contribution in [3.8, 4) is 0 Å². The smallest absolute Gasteiger partial charge is 0.263 e. The number of nitrogens with zero attached hydrogens (tertiary/aromatic N) is 3. The molecular formula is C22H23N3O3. The zero-order valence-electron chi connectivity index (χ0n) is 15.9. The van der Waals surface area contributed by atoms with Crippen molar-refractivity contribution in [1.82, 2.24) is 4.90 Å². The van der Waals surface area contributed by atoms with Crippen molar-refractivity contribution >= 4 is 28.3 Å². The summed E-state index contributed by atoms with van der Waals surface area (Å²) in [5.41, 5.74) is 2.61. The normalized spacial score (nSPS) is 15.1. The highest BCUT2D eigenvalue weighted by Crippen LogP contribution is 2.19. The number of rotatable bonds is 5. The summed E-state index contributed by atoms with van der Waals surface area (Å²) in [6.07, 6.45) is 0. The molecule has 2 aromatic carbocycles. The Morgan fingerprint density at radius 2 is 1.75 bits per heavy atom. The summed E-state index contributed by atoms with van der Waals surface area (Å²) in [5, 5.41) is 5.07. The quantitative estimate of drug-likeness (QED) is 0.504. The molecule has 0 atom stereocenters. The molecule has 1 amide bonds. The van der Waals surface area contributed by atoms with Gasteiger partial charge >= 0.3 is 0 Å². The van der Waals surface area contributed by atoms with Gasteiger partial charge in [0.1, 0.15) is 11.3 Å². The van der Waals surface area contributed by atoms with E-state index in [0.29, 0.717) is 24.6 Å². The summed E-state index contributed by atoms with van der Waals surface area (Å²) in [5.74, 6) is 0.596. The Balaban J connectivity index is 1.28. The molecule has 1 saturated heterocycles. The molecule has 6 nitrogen and oxygen atoms in total. The first-order chi connectivity index (χ1) is 13.7. The summed E-state index contributed by atoms with van der Waals surface area (Å²) in [4.78, 5) is 21.8. The molecule has 0 unspecified atom stereocenters. The van der Waals surface area contributed by atoms with E-state index in [1.54, 1.807) is 6.92 Å². The van der Waals surface area contributed by atoms with Crippen molar-refractivity contribution in [2.45, 2.75) is 6.92 Å². The average Bonchev–Trinajstić information content (AvgIpc) is 3.19. The van der Waals surface area contributed by atoms with Crippen LogP contribution >= 0.6 is 0 Å². The number of piperazine rings is 1. The van der Waals surface area contributed by atoms with Crippen molar-refractivity contribution in [3.05, 3.63) is 66.4 Å². The first-order valence-corrected chi connectivity index (χ1v) is 9.44. The second-order valence-electron chi connectivity index (χ2n) is 6.80. The third kappa shape index (κ3) is 4.01. The standard InChI is InChI=1S/C22H23N3O3/c1-17(21-15-18-7-5-6-10-20(18)28-21)23-27-16-22(26)25-13-11-24(12-14-25)19-8-3-2-4-9-19/h2-10,15H,11-14,16H2,1H3/b23-17+. The molecule has 0 bridgehead atoms. The summed E-state index contributed by atoms with van der Waals surface area (Å²) in [7, 11) is 0. The van der Waals surface area contributed by atoms with Gasteiger partial charge in [-0.3, -0.25) is 4.79 Å². The lowest BCUT2D eigenvalue weighted by Gasteiger charge is -2.35. The van der Waals surface area contributed by atoms with Crippen LogP contribution in [0.25, 0.3) is 11.0 Å². The van der Waals surface area contributed by atoms with Gasteiger partial charge in [-0.1, -0.05) is 41.6 Å². The lowest BCUT2D eigenvalue weighted by atomic mass is 10.2. The molecule has 6 heteroatoms. The van der Waals surface area contributed by atoms with Crippen LogP contribution in [0.15, 0.2) is 70.2 Å². The molecular weight excluding hydrogens is 354 g/mol. The Kier molecular flexibility index (Phi) is 5.28. The Morgan fingerprint density at radius 1 is 1.04 bits per heavy atom. The molecule has 1 fully saturated rings. The second kappa shape index (κ2) is 8.17. The summed E-state index contributed by atoms with van der Waals surface area (Å²) < 4.78 is 5.75. The van der Waals surface area contributed by atoms with Gasteiger partial charge in [0.15, 0.2) is 12.4 Å². The van der Waals surface area contributed by atoms with Crippen LogP contribution in [0.5, 0.6) is 0 Å². The topological polar surface area (TPSA) is 58.3 Å². The van der Waals surface area contributed by atoms with Crippen LogP contribution in [0.1, 0.15) is 12.7 Å². The average molecular weight is 377 g/mol. The number of furan rings is 1. The minimum absolute atomic E-state index is 0.0473. The molecule has 1 aromatic heterocycles. The van der Waals surface area contributed by atoms with Crippen LogP contribution in [0, 0.1) is 0 Å². The van der Waals surface area contributed by atoms with Gasteiger partial charge in [-0.2, -0.15) is 0 Å². The lowest BCUT2D eigenvalue weighted by Crippen LogP contribution is -2.49. The SMILES string of the molecule is C/C(=N\OCC(=O)N1CCN(c2ccccc2)CC1)c1cc2ccccc2o1. The van der Waals surface area contributed by atoms with Gasteiger partial charge in [-0.05, 0) is 31.2 Å². The third-order valence-corrected chi connectivity index (χ3v) is 4.93. The van der Waals surface area contributed by atoms with E-state index in [4.69, 9.17) is 9.25 Å². The maximum atomic E-state index is 12.4.